The lowest BCUT2D eigenvalue weighted by Gasteiger charge is -2.32. The average Bonchev–Trinajstić information content (AvgIpc) is 3.04. The summed E-state index contributed by atoms with van der Waals surface area (Å²) in [5.41, 5.74) is 3.98. The smallest absolute Gasteiger partial charge is 0.282 e. The second-order valence-corrected chi connectivity index (χ2v) is 8.62. The Labute approximate surface area is 188 Å². The van der Waals surface area contributed by atoms with Gasteiger partial charge in [0.05, 0.1) is 11.3 Å². The lowest BCUT2D eigenvalue weighted by atomic mass is 9.97. The third-order valence-corrected chi connectivity index (χ3v) is 6.26. The van der Waals surface area contributed by atoms with E-state index in [1.807, 2.05) is 24.3 Å². The van der Waals surface area contributed by atoms with Gasteiger partial charge in [-0.1, -0.05) is 38.1 Å². The number of hydrogen-bond donors (Lipinski definition) is 1. The second-order valence-electron chi connectivity index (χ2n) is 8.62. The molecule has 0 aliphatic carbocycles. The summed E-state index contributed by atoms with van der Waals surface area (Å²) >= 11 is 0. The number of anilines is 2. The third kappa shape index (κ3) is 4.17. The van der Waals surface area contributed by atoms with Crippen LogP contribution in [0.15, 0.2) is 54.2 Å². The van der Waals surface area contributed by atoms with Crippen molar-refractivity contribution in [2.24, 2.45) is 5.92 Å². The van der Waals surface area contributed by atoms with Gasteiger partial charge in [-0.15, -0.1) is 0 Å². The first-order valence-electron chi connectivity index (χ1n) is 11.2. The Balaban J connectivity index is 1.74. The number of benzene rings is 2. The Morgan fingerprint density at radius 1 is 0.969 bits per heavy atom. The van der Waals surface area contributed by atoms with E-state index in [-0.39, 0.29) is 17.7 Å². The van der Waals surface area contributed by atoms with E-state index in [1.54, 1.807) is 24.3 Å². The molecule has 0 saturated carbocycles. The Kier molecular flexibility index (Phi) is 6.12. The van der Waals surface area contributed by atoms with Crippen molar-refractivity contribution >= 4 is 34.7 Å². The van der Waals surface area contributed by atoms with Gasteiger partial charge in [0.25, 0.3) is 11.8 Å². The molecule has 3 amide bonds. The molecule has 1 fully saturated rings. The molecule has 0 radical (unpaired) electrons. The largest absolute Gasteiger partial charge is 0.366 e. The van der Waals surface area contributed by atoms with Gasteiger partial charge in [0.2, 0.25) is 5.91 Å². The van der Waals surface area contributed by atoms with E-state index in [0.29, 0.717) is 34.1 Å². The molecular formula is C26H29N3O3. The fourth-order valence-electron chi connectivity index (χ4n) is 4.34. The minimum absolute atomic E-state index is 0.158. The monoisotopic (exact) mass is 431 g/mol. The minimum Gasteiger partial charge on any atom is -0.366 e. The zero-order chi connectivity index (χ0) is 22.8. The third-order valence-electron chi connectivity index (χ3n) is 6.26. The fraction of sp³-hybridized carbons (Fsp3) is 0.346. The van der Waals surface area contributed by atoms with Crippen molar-refractivity contribution in [1.82, 2.24) is 4.90 Å². The molecule has 6 nitrogen and oxygen atoms in total. The average molecular weight is 432 g/mol. The maximum absolute atomic E-state index is 13.6. The number of nitrogens with one attached hydrogen (secondary N) is 1. The first-order chi connectivity index (χ1) is 15.4. The van der Waals surface area contributed by atoms with Crippen LogP contribution in [0.1, 0.15) is 44.7 Å². The van der Waals surface area contributed by atoms with E-state index in [9.17, 15) is 14.4 Å². The number of amides is 3. The number of aryl methyl sites for hydroxylation is 1. The molecule has 0 spiro atoms. The SMILES string of the molecule is CCc1ccc(N2C(=O)C(c3ccc(NC(C)=O)cc3)=C(N3CCC(C)CC3)C2=O)cc1. The second kappa shape index (κ2) is 8.99. The van der Waals surface area contributed by atoms with E-state index in [1.165, 1.54) is 11.8 Å². The molecule has 0 aromatic heterocycles. The zero-order valence-corrected chi connectivity index (χ0v) is 18.9. The van der Waals surface area contributed by atoms with Crippen LogP contribution >= 0.6 is 0 Å². The van der Waals surface area contributed by atoms with Gasteiger partial charge in [0, 0.05) is 25.7 Å². The van der Waals surface area contributed by atoms with E-state index >= 15 is 0 Å². The van der Waals surface area contributed by atoms with Crippen LogP contribution in [0.3, 0.4) is 0 Å². The number of likely N-dealkylation sites (tertiary alicyclic amines) is 1. The molecule has 0 bridgehead atoms. The summed E-state index contributed by atoms with van der Waals surface area (Å²) < 4.78 is 0. The summed E-state index contributed by atoms with van der Waals surface area (Å²) in [5.74, 6) is -0.124. The van der Waals surface area contributed by atoms with Crippen LogP contribution in [0.25, 0.3) is 5.57 Å². The molecule has 32 heavy (non-hydrogen) atoms. The van der Waals surface area contributed by atoms with Crippen LogP contribution in [0.5, 0.6) is 0 Å². The van der Waals surface area contributed by atoms with Crippen molar-refractivity contribution in [2.45, 2.75) is 40.0 Å². The molecule has 0 atom stereocenters. The number of carbonyl (C=O) groups excluding carboxylic acids is 3. The number of rotatable bonds is 5. The zero-order valence-electron chi connectivity index (χ0n) is 18.9. The first kappa shape index (κ1) is 21.8. The van der Waals surface area contributed by atoms with Crippen LogP contribution in [0, 0.1) is 5.92 Å². The highest BCUT2D eigenvalue weighted by Crippen LogP contribution is 2.36. The van der Waals surface area contributed by atoms with E-state index in [4.69, 9.17) is 0 Å². The number of imide groups is 1. The van der Waals surface area contributed by atoms with Gasteiger partial charge in [0.15, 0.2) is 0 Å². The standard InChI is InChI=1S/C26H29N3O3/c1-4-19-5-11-22(12-6-19)29-25(31)23(20-7-9-21(10-8-20)27-18(3)30)24(26(29)32)28-15-13-17(2)14-16-28/h5-12,17H,4,13-16H2,1-3H3,(H,27,30). The molecule has 2 aliphatic rings. The highest BCUT2D eigenvalue weighted by molar-refractivity contribution is 6.45. The Bertz CT molecular complexity index is 1060. The lowest BCUT2D eigenvalue weighted by Crippen LogP contribution is -2.38. The molecule has 6 heteroatoms. The van der Waals surface area contributed by atoms with Gasteiger partial charge < -0.3 is 10.2 Å². The molecular weight excluding hydrogens is 402 g/mol. The number of nitrogens with zero attached hydrogens (tertiary/aromatic N) is 2. The predicted molar refractivity (Wildman–Crippen MR) is 126 cm³/mol. The summed E-state index contributed by atoms with van der Waals surface area (Å²) in [4.78, 5) is 41.9. The highest BCUT2D eigenvalue weighted by atomic mass is 16.2. The molecule has 2 heterocycles. The fourth-order valence-corrected chi connectivity index (χ4v) is 4.34. The normalized spacial score (nSPS) is 17.3. The maximum Gasteiger partial charge on any atom is 0.282 e. The van der Waals surface area contributed by atoms with Gasteiger partial charge in [-0.2, -0.15) is 0 Å². The van der Waals surface area contributed by atoms with Crippen LogP contribution in [0.4, 0.5) is 11.4 Å². The number of carbonyl (C=O) groups is 3. The lowest BCUT2D eigenvalue weighted by molar-refractivity contribution is -0.121. The van der Waals surface area contributed by atoms with E-state index in [2.05, 4.69) is 24.1 Å². The molecule has 166 valence electrons. The molecule has 2 aliphatic heterocycles. The van der Waals surface area contributed by atoms with Gasteiger partial charge >= 0.3 is 0 Å². The molecule has 2 aromatic rings. The van der Waals surface area contributed by atoms with Crippen molar-refractivity contribution in [3.05, 3.63) is 65.4 Å². The Morgan fingerprint density at radius 2 is 1.59 bits per heavy atom. The van der Waals surface area contributed by atoms with E-state index in [0.717, 1.165) is 37.9 Å². The quantitative estimate of drug-likeness (QED) is 0.720. The van der Waals surface area contributed by atoms with Gasteiger partial charge in [-0.25, -0.2) is 4.90 Å². The van der Waals surface area contributed by atoms with Crippen LogP contribution in [-0.4, -0.2) is 35.7 Å². The molecule has 2 aromatic carbocycles. The summed E-state index contributed by atoms with van der Waals surface area (Å²) in [6, 6.07) is 14.7. The topological polar surface area (TPSA) is 69.7 Å². The van der Waals surface area contributed by atoms with Crippen molar-refractivity contribution in [1.29, 1.82) is 0 Å². The van der Waals surface area contributed by atoms with E-state index < -0.39 is 0 Å². The molecule has 1 N–H and O–H groups in total. The number of hydrogen-bond acceptors (Lipinski definition) is 4. The van der Waals surface area contributed by atoms with Crippen LogP contribution in [-0.2, 0) is 20.8 Å². The Morgan fingerprint density at radius 3 is 2.16 bits per heavy atom. The summed E-state index contributed by atoms with van der Waals surface area (Å²) in [7, 11) is 0. The molecule has 4 rings (SSSR count). The summed E-state index contributed by atoms with van der Waals surface area (Å²) in [6.07, 6.45) is 2.87. The van der Waals surface area contributed by atoms with Crippen molar-refractivity contribution in [3.63, 3.8) is 0 Å². The van der Waals surface area contributed by atoms with Gasteiger partial charge in [-0.3, -0.25) is 14.4 Å². The minimum atomic E-state index is -0.305. The highest BCUT2D eigenvalue weighted by Gasteiger charge is 2.42. The summed E-state index contributed by atoms with van der Waals surface area (Å²) in [5, 5.41) is 2.74. The van der Waals surface area contributed by atoms with Crippen molar-refractivity contribution in [3.8, 4) is 0 Å². The Hall–Kier alpha value is -3.41. The van der Waals surface area contributed by atoms with Crippen molar-refractivity contribution < 1.29 is 14.4 Å². The van der Waals surface area contributed by atoms with Crippen LogP contribution < -0.4 is 10.2 Å². The van der Waals surface area contributed by atoms with Gasteiger partial charge in [0.1, 0.15) is 5.70 Å². The summed E-state index contributed by atoms with van der Waals surface area (Å²) in [6.45, 7) is 7.25. The first-order valence-corrected chi connectivity index (χ1v) is 11.2. The predicted octanol–water partition coefficient (Wildman–Crippen LogP) is 4.22. The molecule has 0 unspecified atom stereocenters. The maximum atomic E-state index is 13.6. The number of piperidine rings is 1. The van der Waals surface area contributed by atoms with Gasteiger partial charge in [-0.05, 0) is 60.6 Å². The van der Waals surface area contributed by atoms with Crippen molar-refractivity contribution in [2.75, 3.05) is 23.3 Å². The van der Waals surface area contributed by atoms with Crippen LogP contribution in [0.2, 0.25) is 0 Å². The molecule has 1 saturated heterocycles.